The molecular weight excluding hydrogens is 250 g/mol. The highest BCUT2D eigenvalue weighted by atomic mass is 35.5. The Morgan fingerprint density at radius 1 is 1.44 bits per heavy atom. The number of nitrogens with zero attached hydrogens (tertiary/aromatic N) is 1. The zero-order valence-electron chi connectivity index (χ0n) is 9.82. The van der Waals surface area contributed by atoms with Gasteiger partial charge in [-0.15, -0.1) is 11.6 Å². The second kappa shape index (κ2) is 6.21. The van der Waals surface area contributed by atoms with Crippen LogP contribution in [0.2, 0.25) is 0 Å². The molecule has 0 saturated heterocycles. The molecule has 0 bridgehead atoms. The van der Waals surface area contributed by atoms with Gasteiger partial charge >= 0.3 is 0 Å². The van der Waals surface area contributed by atoms with Crippen molar-refractivity contribution >= 4 is 17.5 Å². The van der Waals surface area contributed by atoms with Gasteiger partial charge < -0.3 is 10.3 Å². The number of H-pyrrole nitrogens is 1. The second-order valence-electron chi connectivity index (χ2n) is 3.92. The molecule has 0 fully saturated rings. The van der Waals surface area contributed by atoms with Crippen LogP contribution in [0.3, 0.4) is 0 Å². The highest BCUT2D eigenvalue weighted by molar-refractivity contribution is 6.17. The number of nitrogens with one attached hydrogen (secondary N) is 2. The van der Waals surface area contributed by atoms with Crippen molar-refractivity contribution in [3.8, 4) is 0 Å². The highest BCUT2D eigenvalue weighted by Crippen LogP contribution is 2.07. The third-order valence-electron chi connectivity index (χ3n) is 2.58. The minimum Gasteiger partial charge on any atom is -0.352 e. The number of alkyl halides is 1. The molecule has 0 spiro atoms. The fourth-order valence-corrected chi connectivity index (χ4v) is 1.80. The zero-order chi connectivity index (χ0) is 12.8. The van der Waals surface area contributed by atoms with Gasteiger partial charge in [-0.1, -0.05) is 12.1 Å². The normalized spacial score (nSPS) is 10.3. The number of benzene rings is 1. The Morgan fingerprint density at radius 3 is 3.06 bits per heavy atom. The summed E-state index contributed by atoms with van der Waals surface area (Å²) >= 11 is 5.73. The molecule has 0 aliphatic carbocycles. The van der Waals surface area contributed by atoms with Crippen LogP contribution in [-0.4, -0.2) is 22.4 Å². The van der Waals surface area contributed by atoms with E-state index in [1.165, 1.54) is 0 Å². The Kier molecular flexibility index (Phi) is 4.36. The van der Waals surface area contributed by atoms with Gasteiger partial charge in [0, 0.05) is 36.3 Å². The molecule has 1 aromatic carbocycles. The van der Waals surface area contributed by atoms with Gasteiger partial charge in [-0.25, -0.2) is 4.98 Å². The lowest BCUT2D eigenvalue weighted by Crippen LogP contribution is -2.25. The van der Waals surface area contributed by atoms with Crippen molar-refractivity contribution < 1.29 is 4.79 Å². The Hall–Kier alpha value is -1.81. The van der Waals surface area contributed by atoms with Crippen molar-refractivity contribution in [1.29, 1.82) is 0 Å². The number of hydrogen-bond donors (Lipinski definition) is 2. The van der Waals surface area contributed by atoms with Crippen LogP contribution in [-0.2, 0) is 12.3 Å². The van der Waals surface area contributed by atoms with Crippen molar-refractivity contribution in [2.45, 2.75) is 12.3 Å². The molecule has 18 heavy (non-hydrogen) atoms. The average Bonchev–Trinajstić information content (AvgIpc) is 2.92. The lowest BCUT2D eigenvalue weighted by Gasteiger charge is -2.05. The summed E-state index contributed by atoms with van der Waals surface area (Å²) in [7, 11) is 0. The number of hydrogen-bond acceptors (Lipinski definition) is 2. The molecule has 0 aliphatic heterocycles. The first-order chi connectivity index (χ1) is 8.79. The SMILES string of the molecule is O=C(NCCc1cnc[nH]1)c1cccc(CCl)c1. The van der Waals surface area contributed by atoms with E-state index in [2.05, 4.69) is 15.3 Å². The van der Waals surface area contributed by atoms with E-state index in [0.717, 1.165) is 17.7 Å². The molecule has 0 aliphatic rings. The van der Waals surface area contributed by atoms with Gasteiger partial charge in [0.15, 0.2) is 0 Å². The summed E-state index contributed by atoms with van der Waals surface area (Å²) in [6.45, 7) is 0.576. The smallest absolute Gasteiger partial charge is 0.251 e. The van der Waals surface area contributed by atoms with Crippen LogP contribution < -0.4 is 5.32 Å². The molecule has 1 heterocycles. The lowest BCUT2D eigenvalue weighted by atomic mass is 10.1. The van der Waals surface area contributed by atoms with Crippen LogP contribution in [0.15, 0.2) is 36.8 Å². The Morgan fingerprint density at radius 2 is 2.33 bits per heavy atom. The molecule has 2 N–H and O–H groups in total. The molecule has 1 amide bonds. The maximum atomic E-state index is 11.9. The number of halogens is 1. The maximum Gasteiger partial charge on any atom is 0.251 e. The van der Waals surface area contributed by atoms with Gasteiger partial charge in [0.25, 0.3) is 5.91 Å². The second-order valence-corrected chi connectivity index (χ2v) is 4.18. The van der Waals surface area contributed by atoms with E-state index in [9.17, 15) is 4.79 Å². The number of rotatable bonds is 5. The van der Waals surface area contributed by atoms with E-state index in [4.69, 9.17) is 11.6 Å². The Labute approximate surface area is 110 Å². The molecule has 4 nitrogen and oxygen atoms in total. The van der Waals surface area contributed by atoms with Crippen LogP contribution in [0.25, 0.3) is 0 Å². The highest BCUT2D eigenvalue weighted by Gasteiger charge is 2.05. The van der Waals surface area contributed by atoms with Gasteiger partial charge in [0.2, 0.25) is 0 Å². The summed E-state index contributed by atoms with van der Waals surface area (Å²) in [5.41, 5.74) is 2.58. The summed E-state index contributed by atoms with van der Waals surface area (Å²) < 4.78 is 0. The fraction of sp³-hybridized carbons (Fsp3) is 0.231. The van der Waals surface area contributed by atoms with Crippen molar-refractivity contribution in [3.05, 3.63) is 53.6 Å². The van der Waals surface area contributed by atoms with Gasteiger partial charge in [-0.3, -0.25) is 4.79 Å². The van der Waals surface area contributed by atoms with Crippen molar-refractivity contribution in [1.82, 2.24) is 15.3 Å². The standard InChI is InChI=1S/C13H14ClN3O/c14-7-10-2-1-3-11(6-10)13(18)16-5-4-12-8-15-9-17-12/h1-3,6,8-9H,4-5,7H2,(H,15,17)(H,16,18). The quantitative estimate of drug-likeness (QED) is 0.812. The lowest BCUT2D eigenvalue weighted by molar-refractivity contribution is 0.0954. The molecule has 94 valence electrons. The first kappa shape index (κ1) is 12.6. The molecule has 0 atom stereocenters. The van der Waals surface area contributed by atoms with Crippen LogP contribution in [0, 0.1) is 0 Å². The largest absolute Gasteiger partial charge is 0.352 e. The molecule has 5 heteroatoms. The summed E-state index contributed by atoms with van der Waals surface area (Å²) in [4.78, 5) is 18.8. The van der Waals surface area contributed by atoms with Crippen molar-refractivity contribution in [3.63, 3.8) is 0 Å². The summed E-state index contributed by atoms with van der Waals surface area (Å²) in [6, 6.07) is 7.32. The van der Waals surface area contributed by atoms with Gasteiger partial charge in [-0.05, 0) is 17.7 Å². The molecule has 2 aromatic rings. The first-order valence-electron chi connectivity index (χ1n) is 5.70. The van der Waals surface area contributed by atoms with Crippen LogP contribution in [0.1, 0.15) is 21.6 Å². The predicted molar refractivity (Wildman–Crippen MR) is 70.6 cm³/mol. The van der Waals surface area contributed by atoms with Gasteiger partial charge in [-0.2, -0.15) is 0 Å². The topological polar surface area (TPSA) is 57.8 Å². The molecule has 0 unspecified atom stereocenters. The summed E-state index contributed by atoms with van der Waals surface area (Å²) in [6.07, 6.45) is 4.11. The van der Waals surface area contributed by atoms with E-state index >= 15 is 0 Å². The minimum atomic E-state index is -0.0820. The number of amides is 1. The number of aromatic amines is 1. The Bertz CT molecular complexity index is 511. The minimum absolute atomic E-state index is 0.0820. The van der Waals surface area contributed by atoms with E-state index in [1.807, 2.05) is 12.1 Å². The van der Waals surface area contributed by atoms with E-state index in [-0.39, 0.29) is 5.91 Å². The van der Waals surface area contributed by atoms with Crippen molar-refractivity contribution in [2.24, 2.45) is 0 Å². The zero-order valence-corrected chi connectivity index (χ0v) is 10.6. The third-order valence-corrected chi connectivity index (χ3v) is 2.89. The van der Waals surface area contributed by atoms with Crippen LogP contribution >= 0.6 is 11.6 Å². The molecular formula is C13H14ClN3O. The summed E-state index contributed by atoms with van der Waals surface area (Å²) in [5, 5.41) is 2.86. The van der Waals surface area contributed by atoms with Gasteiger partial charge in [0.1, 0.15) is 0 Å². The first-order valence-corrected chi connectivity index (χ1v) is 6.23. The third kappa shape index (κ3) is 3.34. The van der Waals surface area contributed by atoms with Crippen LogP contribution in [0.4, 0.5) is 0 Å². The Balaban J connectivity index is 1.87. The molecule has 0 saturated carbocycles. The number of carbonyl (C=O) groups is 1. The van der Waals surface area contributed by atoms with Crippen molar-refractivity contribution in [2.75, 3.05) is 6.54 Å². The average molecular weight is 264 g/mol. The monoisotopic (exact) mass is 263 g/mol. The summed E-state index contributed by atoms with van der Waals surface area (Å²) in [5.74, 6) is 0.330. The maximum absolute atomic E-state index is 11.9. The molecule has 0 radical (unpaired) electrons. The van der Waals surface area contributed by atoms with E-state index in [1.54, 1.807) is 24.7 Å². The van der Waals surface area contributed by atoms with E-state index < -0.39 is 0 Å². The van der Waals surface area contributed by atoms with Gasteiger partial charge in [0.05, 0.1) is 6.33 Å². The van der Waals surface area contributed by atoms with Crippen LogP contribution in [0.5, 0.6) is 0 Å². The number of imidazole rings is 1. The fourth-order valence-electron chi connectivity index (χ4n) is 1.63. The predicted octanol–water partition coefficient (Wildman–Crippen LogP) is 2.12. The number of aromatic nitrogens is 2. The molecule has 1 aromatic heterocycles. The van der Waals surface area contributed by atoms with E-state index in [0.29, 0.717) is 18.0 Å². The number of carbonyl (C=O) groups excluding carboxylic acids is 1. The molecule has 2 rings (SSSR count).